The first kappa shape index (κ1) is 19.4. The van der Waals surface area contributed by atoms with E-state index in [2.05, 4.69) is 11.4 Å². The van der Waals surface area contributed by atoms with Gasteiger partial charge in [-0.2, -0.15) is 0 Å². The second-order valence-electron chi connectivity index (χ2n) is 7.18. The van der Waals surface area contributed by atoms with Crippen LogP contribution in [0, 0.1) is 5.92 Å². The van der Waals surface area contributed by atoms with Crippen molar-refractivity contribution >= 4 is 35.6 Å². The van der Waals surface area contributed by atoms with E-state index in [4.69, 9.17) is 5.73 Å². The van der Waals surface area contributed by atoms with Crippen LogP contribution in [0.4, 0.5) is 11.4 Å². The van der Waals surface area contributed by atoms with Gasteiger partial charge in [-0.25, -0.2) is 0 Å². The van der Waals surface area contributed by atoms with E-state index in [1.165, 1.54) is 5.56 Å². The first-order chi connectivity index (χ1) is 12.6. The van der Waals surface area contributed by atoms with Crippen molar-refractivity contribution in [3.8, 4) is 0 Å². The van der Waals surface area contributed by atoms with Crippen molar-refractivity contribution in [2.24, 2.45) is 11.7 Å². The average molecular weight is 386 g/mol. The van der Waals surface area contributed by atoms with Crippen LogP contribution in [-0.4, -0.2) is 24.4 Å². The van der Waals surface area contributed by atoms with Gasteiger partial charge in [-0.15, -0.1) is 12.4 Å². The van der Waals surface area contributed by atoms with Gasteiger partial charge >= 0.3 is 0 Å². The van der Waals surface area contributed by atoms with Crippen LogP contribution in [0.1, 0.15) is 35.2 Å². The summed E-state index contributed by atoms with van der Waals surface area (Å²) in [7, 11) is 0. The highest BCUT2D eigenvalue weighted by Crippen LogP contribution is 2.29. The fraction of sp³-hybridized carbons (Fsp3) is 0.333. The Kier molecular flexibility index (Phi) is 5.82. The highest BCUT2D eigenvalue weighted by Gasteiger charge is 2.28. The number of rotatable bonds is 3. The molecule has 0 spiro atoms. The van der Waals surface area contributed by atoms with E-state index in [9.17, 15) is 9.59 Å². The Morgan fingerprint density at radius 2 is 1.89 bits per heavy atom. The average Bonchev–Trinajstić information content (AvgIpc) is 3.27. The molecular weight excluding hydrogens is 362 g/mol. The van der Waals surface area contributed by atoms with Gasteiger partial charge in [0.1, 0.15) is 0 Å². The molecule has 2 aromatic rings. The molecule has 0 saturated heterocycles. The van der Waals surface area contributed by atoms with E-state index < -0.39 is 0 Å². The third-order valence-corrected chi connectivity index (χ3v) is 5.35. The summed E-state index contributed by atoms with van der Waals surface area (Å²) in [4.78, 5) is 27.2. The molecule has 1 heterocycles. The normalized spacial score (nSPS) is 20.7. The van der Waals surface area contributed by atoms with Crippen LogP contribution in [-0.2, 0) is 11.2 Å². The van der Waals surface area contributed by atoms with Gasteiger partial charge < -0.3 is 16.0 Å². The molecule has 5 nitrogen and oxygen atoms in total. The summed E-state index contributed by atoms with van der Waals surface area (Å²) in [5, 5.41) is 2.94. The van der Waals surface area contributed by atoms with Gasteiger partial charge in [0.15, 0.2) is 0 Å². The number of anilines is 2. The molecule has 0 bridgehead atoms. The number of nitrogens with two attached hydrogens (primary N) is 1. The van der Waals surface area contributed by atoms with Crippen molar-refractivity contribution < 1.29 is 9.59 Å². The molecular formula is C21H24ClN3O2. The lowest BCUT2D eigenvalue weighted by Gasteiger charge is -2.18. The molecule has 0 radical (unpaired) electrons. The molecule has 2 amide bonds. The number of benzene rings is 2. The van der Waals surface area contributed by atoms with Crippen LogP contribution >= 0.6 is 12.4 Å². The number of carbonyl (C=O) groups excluding carboxylic acids is 2. The number of hydrogen-bond donors (Lipinski definition) is 2. The van der Waals surface area contributed by atoms with Gasteiger partial charge in [0.05, 0.1) is 0 Å². The van der Waals surface area contributed by atoms with E-state index in [0.29, 0.717) is 17.8 Å². The van der Waals surface area contributed by atoms with E-state index in [0.717, 1.165) is 31.4 Å². The Morgan fingerprint density at radius 1 is 1.07 bits per heavy atom. The van der Waals surface area contributed by atoms with Crippen LogP contribution in [0.3, 0.4) is 0 Å². The fourth-order valence-electron chi connectivity index (χ4n) is 3.93. The molecule has 2 aliphatic rings. The molecule has 3 N–H and O–H groups in total. The zero-order chi connectivity index (χ0) is 18.1. The van der Waals surface area contributed by atoms with Crippen molar-refractivity contribution in [1.82, 2.24) is 0 Å². The number of halogens is 1. The predicted molar refractivity (Wildman–Crippen MR) is 109 cm³/mol. The quantitative estimate of drug-likeness (QED) is 0.850. The summed E-state index contributed by atoms with van der Waals surface area (Å²) in [5.74, 6) is -0.0715. The van der Waals surface area contributed by atoms with Crippen molar-refractivity contribution in [3.05, 3.63) is 59.7 Å². The number of para-hydroxylation sites is 1. The summed E-state index contributed by atoms with van der Waals surface area (Å²) < 4.78 is 0. The van der Waals surface area contributed by atoms with Crippen molar-refractivity contribution in [2.75, 3.05) is 16.8 Å². The van der Waals surface area contributed by atoms with E-state index >= 15 is 0 Å². The zero-order valence-corrected chi connectivity index (χ0v) is 15.9. The maximum absolute atomic E-state index is 12.9. The zero-order valence-electron chi connectivity index (χ0n) is 15.1. The largest absolute Gasteiger partial charge is 0.328 e. The lowest BCUT2D eigenvalue weighted by Crippen LogP contribution is -2.29. The summed E-state index contributed by atoms with van der Waals surface area (Å²) in [6.07, 6.45) is 3.33. The Morgan fingerprint density at radius 3 is 2.67 bits per heavy atom. The molecule has 2 aromatic carbocycles. The number of nitrogens with one attached hydrogen (secondary N) is 1. The molecule has 1 saturated carbocycles. The van der Waals surface area contributed by atoms with Gasteiger partial charge in [0, 0.05) is 35.4 Å². The summed E-state index contributed by atoms with van der Waals surface area (Å²) in [5.41, 5.74) is 9.32. The monoisotopic (exact) mass is 385 g/mol. The van der Waals surface area contributed by atoms with Crippen molar-refractivity contribution in [1.29, 1.82) is 0 Å². The highest BCUT2D eigenvalue weighted by atomic mass is 35.5. The van der Waals surface area contributed by atoms with Gasteiger partial charge in [-0.05, 0) is 55.5 Å². The fourth-order valence-corrected chi connectivity index (χ4v) is 3.93. The molecule has 2 unspecified atom stereocenters. The Labute approximate surface area is 165 Å². The smallest absolute Gasteiger partial charge is 0.258 e. The van der Waals surface area contributed by atoms with Crippen LogP contribution in [0.15, 0.2) is 48.5 Å². The topological polar surface area (TPSA) is 75.4 Å². The molecule has 142 valence electrons. The van der Waals surface area contributed by atoms with E-state index in [1.54, 1.807) is 12.1 Å². The Hall–Kier alpha value is -2.37. The minimum absolute atomic E-state index is 0. The maximum Gasteiger partial charge on any atom is 0.258 e. The third kappa shape index (κ3) is 3.99. The Bertz CT molecular complexity index is 855. The molecule has 4 rings (SSSR count). The summed E-state index contributed by atoms with van der Waals surface area (Å²) >= 11 is 0. The number of nitrogens with zero attached hydrogens (tertiary/aromatic N) is 1. The van der Waals surface area contributed by atoms with Crippen LogP contribution in [0.5, 0.6) is 0 Å². The highest BCUT2D eigenvalue weighted by molar-refractivity contribution is 6.08. The van der Waals surface area contributed by atoms with Crippen LogP contribution in [0.2, 0.25) is 0 Å². The molecule has 1 aliphatic heterocycles. The van der Waals surface area contributed by atoms with Gasteiger partial charge in [-0.3, -0.25) is 9.59 Å². The molecule has 2 atom stereocenters. The maximum atomic E-state index is 12.9. The van der Waals surface area contributed by atoms with Crippen molar-refractivity contribution in [2.45, 2.75) is 31.7 Å². The van der Waals surface area contributed by atoms with Gasteiger partial charge in [0.25, 0.3) is 5.91 Å². The van der Waals surface area contributed by atoms with Crippen LogP contribution < -0.4 is 16.0 Å². The van der Waals surface area contributed by atoms with E-state index in [1.807, 2.05) is 35.2 Å². The number of hydrogen-bond acceptors (Lipinski definition) is 3. The standard InChI is InChI=1S/C21H23N3O2.ClH/c22-17-9-8-15(12-17)20(25)23-18-6-3-5-16(13-18)21(26)24-11-10-14-4-1-2-7-19(14)24;/h1-7,13,15,17H,8-12,22H2,(H,23,25);1H. The first-order valence-electron chi connectivity index (χ1n) is 9.18. The summed E-state index contributed by atoms with van der Waals surface area (Å²) in [6, 6.07) is 15.3. The molecule has 1 fully saturated rings. The molecule has 27 heavy (non-hydrogen) atoms. The Balaban J connectivity index is 0.00000210. The SMILES string of the molecule is Cl.NC1CCC(C(=O)Nc2cccc(C(=O)N3CCc4ccccc43)c2)C1. The number of fused-ring (bicyclic) bond motifs is 1. The van der Waals surface area contributed by atoms with E-state index in [-0.39, 0.29) is 36.2 Å². The minimum Gasteiger partial charge on any atom is -0.328 e. The third-order valence-electron chi connectivity index (χ3n) is 5.35. The molecule has 6 heteroatoms. The van der Waals surface area contributed by atoms with Gasteiger partial charge in [-0.1, -0.05) is 24.3 Å². The number of carbonyl (C=O) groups is 2. The molecule has 0 aromatic heterocycles. The summed E-state index contributed by atoms with van der Waals surface area (Å²) in [6.45, 7) is 0.689. The molecule has 1 aliphatic carbocycles. The first-order valence-corrected chi connectivity index (χ1v) is 9.18. The van der Waals surface area contributed by atoms with Gasteiger partial charge in [0.2, 0.25) is 5.91 Å². The second kappa shape index (κ2) is 8.11. The predicted octanol–water partition coefficient (Wildman–Crippen LogP) is 3.38. The minimum atomic E-state index is -0.0334. The number of amides is 2. The lowest BCUT2D eigenvalue weighted by atomic mass is 10.1. The van der Waals surface area contributed by atoms with Crippen LogP contribution in [0.25, 0.3) is 0 Å². The lowest BCUT2D eigenvalue weighted by molar-refractivity contribution is -0.119. The van der Waals surface area contributed by atoms with Crippen molar-refractivity contribution in [3.63, 3.8) is 0 Å². The second-order valence-corrected chi connectivity index (χ2v) is 7.18.